The third kappa shape index (κ3) is 4.07. The minimum atomic E-state index is -0.285. The molecule has 29 heavy (non-hydrogen) atoms. The van der Waals surface area contributed by atoms with Crippen LogP contribution in [0.1, 0.15) is 38.2 Å². The Labute approximate surface area is 168 Å². The van der Waals surface area contributed by atoms with Crippen LogP contribution in [0, 0.1) is 0 Å². The average molecular weight is 395 g/mol. The Hall–Kier alpha value is -3.00. The number of benzene rings is 1. The van der Waals surface area contributed by atoms with Crippen molar-refractivity contribution in [3.8, 4) is 5.69 Å². The van der Waals surface area contributed by atoms with E-state index in [1.54, 1.807) is 4.68 Å². The van der Waals surface area contributed by atoms with Crippen molar-refractivity contribution < 1.29 is 9.53 Å². The highest BCUT2D eigenvalue weighted by atomic mass is 16.5. The third-order valence-electron chi connectivity index (χ3n) is 5.22. The number of carbonyl (C=O) groups excluding carboxylic acids is 1. The average Bonchev–Trinajstić information content (AvgIpc) is 3.38. The molecule has 3 heterocycles. The maximum Gasteiger partial charge on any atom is 0.264 e. The van der Waals surface area contributed by atoms with Crippen LogP contribution in [0.2, 0.25) is 0 Å². The lowest BCUT2D eigenvalue weighted by molar-refractivity contribution is -0.122. The van der Waals surface area contributed by atoms with E-state index in [2.05, 4.69) is 29.2 Å². The summed E-state index contributed by atoms with van der Waals surface area (Å²) in [7, 11) is 0. The van der Waals surface area contributed by atoms with Gasteiger partial charge < -0.3 is 10.1 Å². The molecule has 8 nitrogen and oxygen atoms in total. The van der Waals surface area contributed by atoms with Gasteiger partial charge in [0.2, 0.25) is 5.91 Å². The van der Waals surface area contributed by atoms with Crippen molar-refractivity contribution in [2.75, 3.05) is 13.2 Å². The normalized spacial score (nSPS) is 16.6. The fourth-order valence-electron chi connectivity index (χ4n) is 3.49. The van der Waals surface area contributed by atoms with Gasteiger partial charge in [0.05, 0.1) is 18.0 Å². The van der Waals surface area contributed by atoms with E-state index in [0.717, 1.165) is 25.1 Å². The molecule has 8 heteroatoms. The first kappa shape index (κ1) is 19.3. The summed E-state index contributed by atoms with van der Waals surface area (Å²) < 4.78 is 8.44. The van der Waals surface area contributed by atoms with E-state index < -0.39 is 0 Å². The smallest absolute Gasteiger partial charge is 0.264 e. The van der Waals surface area contributed by atoms with Gasteiger partial charge in [0.15, 0.2) is 5.65 Å². The molecule has 3 aromatic rings. The highest BCUT2D eigenvalue weighted by molar-refractivity contribution is 5.77. The molecule has 1 aromatic carbocycles. The SMILES string of the molecule is CC(C)c1ccc(-n2ncc3c(=O)n(CC(=O)NC[C@H]4CCCO4)cnc32)cc1. The Balaban J connectivity index is 1.52. The lowest BCUT2D eigenvalue weighted by atomic mass is 10.0. The Morgan fingerprint density at radius 2 is 2.10 bits per heavy atom. The summed E-state index contributed by atoms with van der Waals surface area (Å²) in [5.74, 6) is 0.204. The van der Waals surface area contributed by atoms with Gasteiger partial charge in [0.25, 0.3) is 5.56 Å². The maximum atomic E-state index is 12.8. The number of nitrogens with one attached hydrogen (secondary N) is 1. The minimum absolute atomic E-state index is 0.0663. The van der Waals surface area contributed by atoms with E-state index >= 15 is 0 Å². The molecule has 0 aliphatic carbocycles. The predicted octanol–water partition coefficient (Wildman–Crippen LogP) is 2.00. The first-order valence-electron chi connectivity index (χ1n) is 9.94. The molecule has 1 aliphatic rings. The fourth-order valence-corrected chi connectivity index (χ4v) is 3.49. The molecule has 1 N–H and O–H groups in total. The number of aromatic nitrogens is 4. The molecule has 1 atom stereocenters. The number of carbonyl (C=O) groups is 1. The molecule has 0 saturated carbocycles. The number of amides is 1. The second-order valence-electron chi connectivity index (χ2n) is 7.66. The van der Waals surface area contributed by atoms with Crippen molar-refractivity contribution in [2.45, 2.75) is 45.3 Å². The standard InChI is InChI=1S/C21H25N5O3/c1-14(2)15-5-7-16(8-6-15)26-20-18(11-24-26)21(28)25(13-23-20)12-19(27)22-10-17-4-3-9-29-17/h5-8,11,13-14,17H,3-4,9-10,12H2,1-2H3,(H,22,27)/t17-/m1/s1. The summed E-state index contributed by atoms with van der Waals surface area (Å²) in [5, 5.41) is 7.54. The summed E-state index contributed by atoms with van der Waals surface area (Å²) in [6.07, 6.45) is 4.94. The topological polar surface area (TPSA) is 91.0 Å². The predicted molar refractivity (Wildman–Crippen MR) is 109 cm³/mol. The first-order chi connectivity index (χ1) is 14.0. The largest absolute Gasteiger partial charge is 0.376 e. The van der Waals surface area contributed by atoms with Crippen molar-refractivity contribution in [3.05, 3.63) is 52.7 Å². The van der Waals surface area contributed by atoms with Gasteiger partial charge in [-0.25, -0.2) is 9.67 Å². The molecule has 1 amide bonds. The molecule has 1 saturated heterocycles. The van der Waals surface area contributed by atoms with Gasteiger partial charge in [0, 0.05) is 13.2 Å². The van der Waals surface area contributed by atoms with Gasteiger partial charge in [-0.2, -0.15) is 5.10 Å². The van der Waals surface area contributed by atoms with Crippen molar-refractivity contribution in [1.29, 1.82) is 0 Å². The molecule has 1 fully saturated rings. The molecule has 0 spiro atoms. The Kier molecular flexibility index (Phi) is 5.44. The summed E-state index contributed by atoms with van der Waals surface area (Å²) in [6, 6.07) is 8.03. The van der Waals surface area contributed by atoms with Crippen LogP contribution >= 0.6 is 0 Å². The van der Waals surface area contributed by atoms with Gasteiger partial charge in [-0.1, -0.05) is 26.0 Å². The van der Waals surface area contributed by atoms with Crippen LogP contribution in [0.4, 0.5) is 0 Å². The third-order valence-corrected chi connectivity index (χ3v) is 5.22. The van der Waals surface area contributed by atoms with Crippen LogP contribution in [0.5, 0.6) is 0 Å². The zero-order valence-electron chi connectivity index (χ0n) is 16.7. The summed E-state index contributed by atoms with van der Waals surface area (Å²) in [6.45, 7) is 5.40. The number of hydrogen-bond donors (Lipinski definition) is 1. The Morgan fingerprint density at radius 3 is 2.79 bits per heavy atom. The summed E-state index contributed by atoms with van der Waals surface area (Å²) in [4.78, 5) is 29.4. The molecular formula is C21H25N5O3. The quantitative estimate of drug-likeness (QED) is 0.689. The number of fused-ring (bicyclic) bond motifs is 1. The second-order valence-corrected chi connectivity index (χ2v) is 7.66. The first-order valence-corrected chi connectivity index (χ1v) is 9.94. The van der Waals surface area contributed by atoms with Crippen LogP contribution in [-0.4, -0.2) is 44.5 Å². The second kappa shape index (κ2) is 8.16. The Morgan fingerprint density at radius 1 is 1.31 bits per heavy atom. The zero-order valence-corrected chi connectivity index (χ0v) is 16.7. The molecule has 0 bridgehead atoms. The van der Waals surface area contributed by atoms with Gasteiger partial charge in [-0.3, -0.25) is 14.2 Å². The highest BCUT2D eigenvalue weighted by Crippen LogP contribution is 2.18. The van der Waals surface area contributed by atoms with Crippen LogP contribution in [0.15, 0.2) is 41.6 Å². The summed E-state index contributed by atoms with van der Waals surface area (Å²) >= 11 is 0. The van der Waals surface area contributed by atoms with Gasteiger partial charge in [0.1, 0.15) is 18.3 Å². The molecule has 0 radical (unpaired) electrons. The van der Waals surface area contributed by atoms with E-state index in [0.29, 0.717) is 23.5 Å². The van der Waals surface area contributed by atoms with E-state index in [1.807, 2.05) is 24.3 Å². The van der Waals surface area contributed by atoms with Crippen LogP contribution in [-0.2, 0) is 16.1 Å². The van der Waals surface area contributed by atoms with Crippen molar-refractivity contribution >= 4 is 16.9 Å². The van der Waals surface area contributed by atoms with Crippen molar-refractivity contribution in [3.63, 3.8) is 0 Å². The number of rotatable bonds is 6. The van der Waals surface area contributed by atoms with E-state index in [9.17, 15) is 9.59 Å². The molecular weight excluding hydrogens is 370 g/mol. The van der Waals surface area contributed by atoms with Crippen LogP contribution in [0.3, 0.4) is 0 Å². The molecule has 152 valence electrons. The lowest BCUT2D eigenvalue weighted by Crippen LogP contribution is -2.36. The molecule has 0 unspecified atom stereocenters. The highest BCUT2D eigenvalue weighted by Gasteiger charge is 2.17. The zero-order chi connectivity index (χ0) is 20.4. The molecule has 2 aromatic heterocycles. The number of ether oxygens (including phenoxy) is 1. The van der Waals surface area contributed by atoms with Gasteiger partial charge in [-0.15, -0.1) is 0 Å². The maximum absolute atomic E-state index is 12.8. The van der Waals surface area contributed by atoms with Crippen molar-refractivity contribution in [2.24, 2.45) is 0 Å². The lowest BCUT2D eigenvalue weighted by Gasteiger charge is -2.11. The van der Waals surface area contributed by atoms with Crippen LogP contribution in [0.25, 0.3) is 16.7 Å². The molecule has 4 rings (SSSR count). The molecule has 1 aliphatic heterocycles. The van der Waals surface area contributed by atoms with Crippen molar-refractivity contribution in [1.82, 2.24) is 24.6 Å². The van der Waals surface area contributed by atoms with E-state index in [1.165, 1.54) is 22.7 Å². The number of hydrogen-bond acceptors (Lipinski definition) is 5. The van der Waals surface area contributed by atoms with E-state index in [4.69, 9.17) is 4.74 Å². The van der Waals surface area contributed by atoms with Gasteiger partial charge in [-0.05, 0) is 36.5 Å². The van der Waals surface area contributed by atoms with Crippen LogP contribution < -0.4 is 10.9 Å². The monoisotopic (exact) mass is 395 g/mol. The number of nitrogens with zero attached hydrogens (tertiary/aromatic N) is 4. The summed E-state index contributed by atoms with van der Waals surface area (Å²) in [5.41, 5.74) is 2.26. The minimum Gasteiger partial charge on any atom is -0.376 e. The Bertz CT molecular complexity index is 1060. The van der Waals surface area contributed by atoms with E-state index in [-0.39, 0.29) is 24.1 Å². The van der Waals surface area contributed by atoms with Gasteiger partial charge >= 0.3 is 0 Å². The fraction of sp³-hybridized carbons (Fsp3) is 0.429.